The van der Waals surface area contributed by atoms with Crippen LogP contribution in [0.3, 0.4) is 0 Å². The van der Waals surface area contributed by atoms with Gasteiger partial charge in [0.15, 0.2) is 5.79 Å². The summed E-state index contributed by atoms with van der Waals surface area (Å²) in [5.41, 5.74) is 6.39. The molecule has 0 spiro atoms. The molecule has 0 saturated carbocycles. The van der Waals surface area contributed by atoms with Crippen LogP contribution in [0.2, 0.25) is 0 Å². The molecule has 16 heavy (non-hydrogen) atoms. The van der Waals surface area contributed by atoms with E-state index in [9.17, 15) is 5.11 Å². The summed E-state index contributed by atoms with van der Waals surface area (Å²) in [5, 5.41) is 9.22. The Morgan fingerprint density at radius 2 is 2.12 bits per heavy atom. The van der Waals surface area contributed by atoms with E-state index in [1.54, 1.807) is 24.3 Å². The molecular weight excluding hydrogens is 206 g/mol. The van der Waals surface area contributed by atoms with E-state index in [-0.39, 0.29) is 11.9 Å². The van der Waals surface area contributed by atoms with E-state index in [0.717, 1.165) is 12.0 Å². The number of ether oxygens (including phenoxy) is 2. The molecule has 1 aromatic carbocycles. The van der Waals surface area contributed by atoms with Crippen LogP contribution >= 0.6 is 0 Å². The lowest BCUT2D eigenvalue weighted by Gasteiger charge is -2.23. The quantitative estimate of drug-likeness (QED) is 0.811. The Hall–Kier alpha value is -1.10. The third-order valence-corrected chi connectivity index (χ3v) is 2.82. The monoisotopic (exact) mass is 223 g/mol. The minimum absolute atomic E-state index is 0.0591. The van der Waals surface area contributed by atoms with E-state index in [1.165, 1.54) is 0 Å². The lowest BCUT2D eigenvalue weighted by atomic mass is 10.1. The van der Waals surface area contributed by atoms with Crippen molar-refractivity contribution in [1.82, 2.24) is 0 Å². The summed E-state index contributed by atoms with van der Waals surface area (Å²) in [6, 6.07) is 6.87. The Morgan fingerprint density at radius 1 is 1.44 bits per heavy atom. The number of rotatable bonds is 3. The number of phenolic OH excluding ortho intramolecular Hbond substituents is 1. The molecule has 0 aromatic heterocycles. The highest BCUT2D eigenvalue weighted by Crippen LogP contribution is 2.35. The standard InChI is InChI=1S/C12H17NO3/c1-12(9-2-4-10(14)5-3-9)15-8-11(16-12)6-7-13/h2-5,11,14H,6-8,13H2,1H3. The molecule has 1 saturated heterocycles. The van der Waals surface area contributed by atoms with Gasteiger partial charge in [-0.3, -0.25) is 0 Å². The van der Waals surface area contributed by atoms with Gasteiger partial charge in [0.05, 0.1) is 12.7 Å². The SMILES string of the molecule is CC1(c2ccc(O)cc2)OCC(CCN)O1. The highest BCUT2D eigenvalue weighted by molar-refractivity contribution is 5.28. The number of hydrogen-bond acceptors (Lipinski definition) is 4. The largest absolute Gasteiger partial charge is 0.508 e. The molecule has 0 aliphatic carbocycles. The summed E-state index contributed by atoms with van der Waals surface area (Å²) >= 11 is 0. The Bertz CT molecular complexity index is 352. The van der Waals surface area contributed by atoms with Crippen LogP contribution in [0, 0.1) is 0 Å². The molecule has 4 nitrogen and oxygen atoms in total. The van der Waals surface area contributed by atoms with Crippen LogP contribution in [0.4, 0.5) is 0 Å². The molecule has 0 bridgehead atoms. The van der Waals surface area contributed by atoms with E-state index < -0.39 is 5.79 Å². The summed E-state index contributed by atoms with van der Waals surface area (Å²) in [5.74, 6) is -0.475. The van der Waals surface area contributed by atoms with Gasteiger partial charge in [-0.1, -0.05) is 0 Å². The third kappa shape index (κ3) is 2.19. The summed E-state index contributed by atoms with van der Waals surface area (Å²) in [4.78, 5) is 0. The summed E-state index contributed by atoms with van der Waals surface area (Å²) < 4.78 is 11.5. The van der Waals surface area contributed by atoms with Crippen molar-refractivity contribution in [3.05, 3.63) is 29.8 Å². The molecule has 4 heteroatoms. The fourth-order valence-corrected chi connectivity index (χ4v) is 1.88. The normalized spacial score (nSPS) is 29.5. The Labute approximate surface area is 95.0 Å². The fraction of sp³-hybridized carbons (Fsp3) is 0.500. The first-order valence-corrected chi connectivity index (χ1v) is 5.45. The minimum Gasteiger partial charge on any atom is -0.508 e. The van der Waals surface area contributed by atoms with Crippen LogP contribution in [-0.4, -0.2) is 24.4 Å². The second-order valence-corrected chi connectivity index (χ2v) is 4.12. The van der Waals surface area contributed by atoms with Crippen LogP contribution in [0.5, 0.6) is 5.75 Å². The van der Waals surface area contributed by atoms with Crippen molar-refractivity contribution in [2.45, 2.75) is 25.2 Å². The van der Waals surface area contributed by atoms with Gasteiger partial charge in [-0.05, 0) is 44.2 Å². The number of benzene rings is 1. The molecule has 0 radical (unpaired) electrons. The number of hydrogen-bond donors (Lipinski definition) is 2. The van der Waals surface area contributed by atoms with Crippen LogP contribution in [0.15, 0.2) is 24.3 Å². The van der Waals surface area contributed by atoms with Crippen LogP contribution in [0.25, 0.3) is 0 Å². The van der Waals surface area contributed by atoms with E-state index in [1.807, 2.05) is 6.92 Å². The maximum Gasteiger partial charge on any atom is 0.192 e. The molecule has 3 N–H and O–H groups in total. The molecule has 1 aliphatic rings. The smallest absolute Gasteiger partial charge is 0.192 e. The number of phenols is 1. The molecule has 2 unspecified atom stereocenters. The Morgan fingerprint density at radius 3 is 2.75 bits per heavy atom. The van der Waals surface area contributed by atoms with Gasteiger partial charge in [0, 0.05) is 5.56 Å². The molecule has 0 amide bonds. The number of nitrogens with two attached hydrogens (primary N) is 1. The van der Waals surface area contributed by atoms with E-state index in [0.29, 0.717) is 13.2 Å². The van der Waals surface area contributed by atoms with Gasteiger partial charge >= 0.3 is 0 Å². The van der Waals surface area contributed by atoms with Crippen molar-refractivity contribution in [3.63, 3.8) is 0 Å². The van der Waals surface area contributed by atoms with Crippen molar-refractivity contribution in [2.75, 3.05) is 13.2 Å². The van der Waals surface area contributed by atoms with E-state index >= 15 is 0 Å². The third-order valence-electron chi connectivity index (χ3n) is 2.82. The van der Waals surface area contributed by atoms with E-state index in [4.69, 9.17) is 15.2 Å². The molecule has 1 aromatic rings. The van der Waals surface area contributed by atoms with Gasteiger partial charge in [0.25, 0.3) is 0 Å². The maximum absolute atomic E-state index is 9.22. The van der Waals surface area contributed by atoms with Crippen LogP contribution < -0.4 is 5.73 Å². The molecular formula is C12H17NO3. The van der Waals surface area contributed by atoms with E-state index in [2.05, 4.69) is 0 Å². The lowest BCUT2D eigenvalue weighted by molar-refractivity contribution is -0.162. The van der Waals surface area contributed by atoms with Crippen molar-refractivity contribution in [2.24, 2.45) is 5.73 Å². The Balaban J connectivity index is 2.12. The van der Waals surface area contributed by atoms with Gasteiger partial charge in [-0.2, -0.15) is 0 Å². The summed E-state index contributed by atoms with van der Waals surface area (Å²) in [6.45, 7) is 3.05. The molecule has 88 valence electrons. The van der Waals surface area contributed by atoms with Crippen LogP contribution in [0.1, 0.15) is 18.9 Å². The van der Waals surface area contributed by atoms with Crippen molar-refractivity contribution < 1.29 is 14.6 Å². The second kappa shape index (κ2) is 4.41. The second-order valence-electron chi connectivity index (χ2n) is 4.12. The van der Waals surface area contributed by atoms with Gasteiger partial charge in [0.2, 0.25) is 0 Å². The van der Waals surface area contributed by atoms with Gasteiger partial charge in [-0.15, -0.1) is 0 Å². The van der Waals surface area contributed by atoms with Crippen molar-refractivity contribution in [3.8, 4) is 5.75 Å². The summed E-state index contributed by atoms with van der Waals surface area (Å²) in [7, 11) is 0. The zero-order chi connectivity index (χ0) is 11.6. The zero-order valence-electron chi connectivity index (χ0n) is 9.35. The average molecular weight is 223 g/mol. The molecule has 2 atom stereocenters. The highest BCUT2D eigenvalue weighted by atomic mass is 16.7. The zero-order valence-corrected chi connectivity index (χ0v) is 9.35. The van der Waals surface area contributed by atoms with Gasteiger partial charge in [0.1, 0.15) is 5.75 Å². The minimum atomic E-state index is -0.715. The highest BCUT2D eigenvalue weighted by Gasteiger charge is 2.38. The average Bonchev–Trinajstić information content (AvgIpc) is 2.63. The van der Waals surface area contributed by atoms with Crippen molar-refractivity contribution >= 4 is 0 Å². The fourth-order valence-electron chi connectivity index (χ4n) is 1.88. The topological polar surface area (TPSA) is 64.7 Å². The molecule has 2 rings (SSSR count). The van der Waals surface area contributed by atoms with Gasteiger partial charge in [-0.25, -0.2) is 0 Å². The maximum atomic E-state index is 9.22. The first-order valence-electron chi connectivity index (χ1n) is 5.45. The molecule has 1 aliphatic heterocycles. The molecule has 1 fully saturated rings. The first kappa shape index (κ1) is 11.4. The molecule has 1 heterocycles. The summed E-state index contributed by atoms with van der Waals surface area (Å²) in [6.07, 6.45) is 0.858. The lowest BCUT2D eigenvalue weighted by Crippen LogP contribution is -2.24. The van der Waals surface area contributed by atoms with Crippen molar-refractivity contribution in [1.29, 1.82) is 0 Å². The Kier molecular flexibility index (Phi) is 3.14. The predicted molar refractivity (Wildman–Crippen MR) is 60.0 cm³/mol. The van der Waals surface area contributed by atoms with Gasteiger partial charge < -0.3 is 20.3 Å². The first-order chi connectivity index (χ1) is 7.64. The number of aromatic hydroxyl groups is 1. The predicted octanol–water partition coefficient (Wildman–Crippen LogP) is 1.33. The van der Waals surface area contributed by atoms with Crippen LogP contribution in [-0.2, 0) is 15.3 Å².